The second-order valence-corrected chi connectivity index (χ2v) is 7.17. The molecule has 3 amide bonds. The van der Waals surface area contributed by atoms with Gasteiger partial charge in [0.25, 0.3) is 5.91 Å². The van der Waals surface area contributed by atoms with E-state index < -0.39 is 30.0 Å². The number of hydrogen-bond acceptors (Lipinski definition) is 4. The van der Waals surface area contributed by atoms with Gasteiger partial charge in [-0.05, 0) is 49.8 Å². The Kier molecular flexibility index (Phi) is 6.45. The van der Waals surface area contributed by atoms with E-state index in [1.54, 1.807) is 11.0 Å². The maximum absolute atomic E-state index is 13.2. The number of carboxylic acid groups (broad SMARTS) is 1. The molecule has 3 atom stereocenters. The smallest absolute Gasteiger partial charge is 0.332 e. The topological polar surface area (TPSA) is 108 Å². The van der Waals surface area contributed by atoms with E-state index in [9.17, 15) is 18.8 Å². The molecule has 2 aliphatic heterocycles. The van der Waals surface area contributed by atoms with Crippen LogP contribution in [0, 0.1) is 11.7 Å². The molecule has 1 aromatic rings. The second kappa shape index (κ2) is 9.01. The third kappa shape index (κ3) is 5.19. The van der Waals surface area contributed by atoms with Crippen molar-refractivity contribution in [2.24, 2.45) is 5.92 Å². The zero-order valence-corrected chi connectivity index (χ0v) is 15.4. The molecule has 0 bridgehead atoms. The number of carbonyl (C=O) groups excluding carboxylic acids is 2. The standard InChI is InChI=1S/C19H24FN3O5/c20-13-4-1-5-14(9-13)22-19(27)21-10-12-3-2-8-23(11-12)17(24)15-6-7-16(28-15)18(25)26/h1,4-5,9,12,15-16H,2-3,6-8,10-11H2,(H,25,26)(H2,21,22,27)/t12?,15-,16+/m0/s1. The van der Waals surface area contributed by atoms with Gasteiger partial charge in [0.1, 0.15) is 11.9 Å². The lowest BCUT2D eigenvalue weighted by Crippen LogP contribution is -2.47. The Morgan fingerprint density at radius 1 is 1.21 bits per heavy atom. The minimum Gasteiger partial charge on any atom is -0.479 e. The Labute approximate surface area is 162 Å². The number of urea groups is 1. The van der Waals surface area contributed by atoms with Crippen LogP contribution >= 0.6 is 0 Å². The van der Waals surface area contributed by atoms with Crippen LogP contribution in [-0.2, 0) is 14.3 Å². The van der Waals surface area contributed by atoms with Crippen molar-refractivity contribution >= 4 is 23.6 Å². The van der Waals surface area contributed by atoms with Crippen molar-refractivity contribution in [1.82, 2.24) is 10.2 Å². The molecule has 0 aliphatic carbocycles. The van der Waals surface area contributed by atoms with Gasteiger partial charge in [-0.25, -0.2) is 14.0 Å². The van der Waals surface area contributed by atoms with E-state index in [1.807, 2.05) is 0 Å². The van der Waals surface area contributed by atoms with Crippen LogP contribution < -0.4 is 10.6 Å². The summed E-state index contributed by atoms with van der Waals surface area (Å²) in [5, 5.41) is 14.3. The highest BCUT2D eigenvalue weighted by molar-refractivity contribution is 5.89. The Morgan fingerprint density at radius 3 is 2.71 bits per heavy atom. The van der Waals surface area contributed by atoms with Crippen LogP contribution in [0.25, 0.3) is 0 Å². The van der Waals surface area contributed by atoms with Crippen LogP contribution in [0.15, 0.2) is 24.3 Å². The molecule has 1 unspecified atom stereocenters. The molecule has 28 heavy (non-hydrogen) atoms. The summed E-state index contributed by atoms with van der Waals surface area (Å²) in [6.07, 6.45) is 0.800. The molecule has 3 N–H and O–H groups in total. The van der Waals surface area contributed by atoms with Gasteiger partial charge in [-0.3, -0.25) is 4.79 Å². The maximum Gasteiger partial charge on any atom is 0.332 e. The van der Waals surface area contributed by atoms with Gasteiger partial charge in [0.15, 0.2) is 6.10 Å². The van der Waals surface area contributed by atoms with Gasteiger partial charge in [-0.2, -0.15) is 0 Å². The molecule has 152 valence electrons. The molecule has 3 rings (SSSR count). The molecule has 9 heteroatoms. The first-order valence-corrected chi connectivity index (χ1v) is 9.40. The fourth-order valence-electron chi connectivity index (χ4n) is 3.61. The number of nitrogens with one attached hydrogen (secondary N) is 2. The number of aliphatic carboxylic acids is 1. The first-order chi connectivity index (χ1) is 13.4. The predicted octanol–water partition coefficient (Wildman–Crippen LogP) is 1.82. The number of amides is 3. The average Bonchev–Trinajstić information content (AvgIpc) is 3.16. The summed E-state index contributed by atoms with van der Waals surface area (Å²) in [6.45, 7) is 1.47. The fraction of sp³-hybridized carbons (Fsp3) is 0.526. The Morgan fingerprint density at radius 2 is 2.00 bits per heavy atom. The summed E-state index contributed by atoms with van der Waals surface area (Å²) in [5.41, 5.74) is 0.365. The molecule has 0 radical (unpaired) electrons. The summed E-state index contributed by atoms with van der Waals surface area (Å²) in [4.78, 5) is 37.3. The number of benzene rings is 1. The lowest BCUT2D eigenvalue weighted by Gasteiger charge is -2.34. The van der Waals surface area contributed by atoms with E-state index in [1.165, 1.54) is 18.2 Å². The summed E-state index contributed by atoms with van der Waals surface area (Å²) in [6, 6.07) is 5.19. The Bertz CT molecular complexity index is 744. The monoisotopic (exact) mass is 393 g/mol. The zero-order valence-electron chi connectivity index (χ0n) is 15.4. The first kappa shape index (κ1) is 20.1. The van der Waals surface area contributed by atoms with Crippen molar-refractivity contribution in [3.05, 3.63) is 30.1 Å². The van der Waals surface area contributed by atoms with Crippen molar-refractivity contribution in [3.63, 3.8) is 0 Å². The lowest BCUT2D eigenvalue weighted by molar-refractivity contribution is -0.155. The highest BCUT2D eigenvalue weighted by Gasteiger charge is 2.37. The molecule has 2 saturated heterocycles. The van der Waals surface area contributed by atoms with E-state index in [4.69, 9.17) is 9.84 Å². The third-order valence-corrected chi connectivity index (χ3v) is 5.03. The summed E-state index contributed by atoms with van der Waals surface area (Å²) in [5.74, 6) is -1.57. The Balaban J connectivity index is 1.45. The lowest BCUT2D eigenvalue weighted by atomic mass is 9.97. The number of halogens is 1. The summed E-state index contributed by atoms with van der Waals surface area (Å²) >= 11 is 0. The predicted molar refractivity (Wildman–Crippen MR) is 98.3 cm³/mol. The van der Waals surface area contributed by atoms with E-state index in [-0.39, 0.29) is 11.8 Å². The van der Waals surface area contributed by atoms with Crippen LogP contribution in [0.5, 0.6) is 0 Å². The number of likely N-dealkylation sites (tertiary alicyclic amines) is 1. The van der Waals surface area contributed by atoms with E-state index >= 15 is 0 Å². The molecule has 2 fully saturated rings. The summed E-state index contributed by atoms with van der Waals surface area (Å²) < 4.78 is 18.5. The summed E-state index contributed by atoms with van der Waals surface area (Å²) in [7, 11) is 0. The molecule has 2 heterocycles. The van der Waals surface area contributed by atoms with Crippen molar-refractivity contribution < 1.29 is 28.6 Å². The first-order valence-electron chi connectivity index (χ1n) is 9.40. The number of anilines is 1. The van der Waals surface area contributed by atoms with Crippen molar-refractivity contribution in [1.29, 1.82) is 0 Å². The number of nitrogens with zero attached hydrogens (tertiary/aromatic N) is 1. The SMILES string of the molecule is O=C(NCC1CCCN(C(=O)[C@@H]2CC[C@H](C(=O)O)O2)C1)Nc1cccc(F)c1. The normalized spacial score (nSPS) is 24.6. The van der Waals surface area contributed by atoms with Gasteiger partial charge in [0.05, 0.1) is 0 Å². The molecule has 0 spiro atoms. The molecule has 0 saturated carbocycles. The van der Waals surface area contributed by atoms with Crippen LogP contribution in [-0.4, -0.2) is 59.8 Å². The third-order valence-electron chi connectivity index (χ3n) is 5.03. The van der Waals surface area contributed by atoms with Crippen LogP contribution in [0.2, 0.25) is 0 Å². The molecule has 8 nitrogen and oxygen atoms in total. The molecule has 2 aliphatic rings. The fourth-order valence-corrected chi connectivity index (χ4v) is 3.61. The van der Waals surface area contributed by atoms with Crippen LogP contribution in [0.3, 0.4) is 0 Å². The van der Waals surface area contributed by atoms with E-state index in [2.05, 4.69) is 10.6 Å². The van der Waals surface area contributed by atoms with Gasteiger partial charge in [0, 0.05) is 25.3 Å². The van der Waals surface area contributed by atoms with Crippen LogP contribution in [0.4, 0.5) is 14.9 Å². The minimum absolute atomic E-state index is 0.0904. The maximum atomic E-state index is 13.2. The number of carboxylic acids is 1. The van der Waals surface area contributed by atoms with Gasteiger partial charge < -0.3 is 25.4 Å². The van der Waals surface area contributed by atoms with E-state index in [0.29, 0.717) is 38.2 Å². The molecule has 0 aromatic heterocycles. The quantitative estimate of drug-likeness (QED) is 0.707. The highest BCUT2D eigenvalue weighted by Crippen LogP contribution is 2.24. The molecular weight excluding hydrogens is 369 g/mol. The van der Waals surface area contributed by atoms with Crippen molar-refractivity contribution in [2.75, 3.05) is 25.0 Å². The highest BCUT2D eigenvalue weighted by atomic mass is 19.1. The minimum atomic E-state index is -1.04. The average molecular weight is 393 g/mol. The van der Waals surface area contributed by atoms with Crippen molar-refractivity contribution in [3.8, 4) is 0 Å². The molecular formula is C19H24FN3O5. The van der Waals surface area contributed by atoms with Gasteiger partial charge in [0.2, 0.25) is 0 Å². The van der Waals surface area contributed by atoms with E-state index in [0.717, 1.165) is 12.8 Å². The number of hydrogen-bond donors (Lipinski definition) is 3. The van der Waals surface area contributed by atoms with Gasteiger partial charge in [-0.15, -0.1) is 0 Å². The van der Waals surface area contributed by atoms with Crippen LogP contribution in [0.1, 0.15) is 25.7 Å². The largest absolute Gasteiger partial charge is 0.479 e. The number of rotatable bonds is 5. The molecule has 1 aromatic carbocycles. The Hall–Kier alpha value is -2.68. The van der Waals surface area contributed by atoms with Gasteiger partial charge in [-0.1, -0.05) is 6.07 Å². The second-order valence-electron chi connectivity index (χ2n) is 7.17. The van der Waals surface area contributed by atoms with Crippen molar-refractivity contribution in [2.45, 2.75) is 37.9 Å². The van der Waals surface area contributed by atoms with Gasteiger partial charge >= 0.3 is 12.0 Å². The zero-order chi connectivity index (χ0) is 20.1. The number of carbonyl (C=O) groups is 3. The number of piperidine rings is 1. The number of ether oxygens (including phenoxy) is 1.